The summed E-state index contributed by atoms with van der Waals surface area (Å²) in [5, 5.41) is 11.8. The van der Waals surface area contributed by atoms with Gasteiger partial charge in [0.1, 0.15) is 0 Å². The highest BCUT2D eigenvalue weighted by Crippen LogP contribution is 2.27. The monoisotopic (exact) mass is 242 g/mol. The summed E-state index contributed by atoms with van der Waals surface area (Å²) in [6.45, 7) is 4.00. The van der Waals surface area contributed by atoms with E-state index >= 15 is 0 Å². The molecule has 18 heavy (non-hydrogen) atoms. The molecule has 1 saturated carbocycles. The Kier molecular flexibility index (Phi) is 3.11. The molecule has 1 aromatic heterocycles. The molecule has 1 heterocycles. The summed E-state index contributed by atoms with van der Waals surface area (Å²) in [6.07, 6.45) is 4.75. The van der Waals surface area contributed by atoms with Crippen molar-refractivity contribution in [2.24, 2.45) is 5.92 Å². The molecule has 0 amide bonds. The molecular formula is C14H18N4. The van der Waals surface area contributed by atoms with Gasteiger partial charge in [0, 0.05) is 6.54 Å². The summed E-state index contributed by atoms with van der Waals surface area (Å²) in [5.41, 5.74) is 3.31. The number of hydrogen-bond acceptors (Lipinski definition) is 3. The van der Waals surface area contributed by atoms with E-state index in [1.54, 1.807) is 0 Å². The highest BCUT2D eigenvalue weighted by Gasteiger charge is 2.20. The van der Waals surface area contributed by atoms with Crippen molar-refractivity contribution in [2.75, 3.05) is 6.54 Å². The maximum Gasteiger partial charge on any atom is 0.0969 e. The summed E-state index contributed by atoms with van der Waals surface area (Å²) in [6, 6.07) is 8.29. The third kappa shape index (κ3) is 2.76. The molecule has 2 aromatic rings. The second-order valence-electron chi connectivity index (χ2n) is 5.06. The van der Waals surface area contributed by atoms with Crippen molar-refractivity contribution in [3.63, 3.8) is 0 Å². The second kappa shape index (κ2) is 4.90. The van der Waals surface area contributed by atoms with Crippen LogP contribution in [-0.4, -0.2) is 21.5 Å². The number of nitrogens with zero attached hydrogens (tertiary/aromatic N) is 3. The van der Waals surface area contributed by atoms with E-state index in [2.05, 4.69) is 46.8 Å². The number of hydrogen-bond donors (Lipinski definition) is 1. The zero-order chi connectivity index (χ0) is 12.4. The lowest BCUT2D eigenvalue weighted by Gasteiger charge is -2.00. The largest absolute Gasteiger partial charge is 0.311 e. The van der Waals surface area contributed by atoms with Crippen LogP contribution in [0.25, 0.3) is 5.69 Å². The summed E-state index contributed by atoms with van der Waals surface area (Å²) < 4.78 is 1.83. The minimum atomic E-state index is 0.808. The standard InChI is InChI=1S/C14H18N4/c1-11-2-6-14(7-3-11)18-10-13(16-17-18)9-15-8-12-4-5-12/h2-3,6-7,10,12,15H,4-5,8-9H2,1H3. The van der Waals surface area contributed by atoms with Crippen LogP contribution in [0.3, 0.4) is 0 Å². The van der Waals surface area contributed by atoms with Crippen molar-refractivity contribution in [1.29, 1.82) is 0 Å². The number of rotatable bonds is 5. The van der Waals surface area contributed by atoms with Crippen molar-refractivity contribution in [1.82, 2.24) is 20.3 Å². The zero-order valence-electron chi connectivity index (χ0n) is 10.6. The van der Waals surface area contributed by atoms with E-state index in [1.807, 2.05) is 10.9 Å². The first-order valence-electron chi connectivity index (χ1n) is 6.50. The number of benzene rings is 1. The van der Waals surface area contributed by atoms with Gasteiger partial charge in [0.2, 0.25) is 0 Å². The maximum atomic E-state index is 4.18. The third-order valence-electron chi connectivity index (χ3n) is 3.28. The Morgan fingerprint density at radius 1 is 1.28 bits per heavy atom. The first-order valence-corrected chi connectivity index (χ1v) is 6.50. The molecule has 4 heteroatoms. The van der Waals surface area contributed by atoms with Gasteiger partial charge in [-0.25, -0.2) is 4.68 Å². The van der Waals surface area contributed by atoms with E-state index in [0.29, 0.717) is 0 Å². The second-order valence-corrected chi connectivity index (χ2v) is 5.06. The summed E-state index contributed by atoms with van der Waals surface area (Å²) >= 11 is 0. The van der Waals surface area contributed by atoms with Crippen molar-refractivity contribution >= 4 is 0 Å². The van der Waals surface area contributed by atoms with Gasteiger partial charge in [-0.3, -0.25) is 0 Å². The van der Waals surface area contributed by atoms with Crippen LogP contribution < -0.4 is 5.32 Å². The Morgan fingerprint density at radius 3 is 2.78 bits per heavy atom. The van der Waals surface area contributed by atoms with E-state index in [1.165, 1.54) is 18.4 Å². The van der Waals surface area contributed by atoms with Gasteiger partial charge in [0.15, 0.2) is 0 Å². The molecule has 0 bridgehead atoms. The number of aryl methyl sites for hydroxylation is 1. The molecule has 1 aliphatic carbocycles. The molecule has 1 aliphatic rings. The lowest BCUT2D eigenvalue weighted by molar-refractivity contribution is 0.628. The average molecular weight is 242 g/mol. The van der Waals surface area contributed by atoms with Crippen LogP contribution in [0.5, 0.6) is 0 Å². The Labute approximate surface area is 107 Å². The zero-order valence-corrected chi connectivity index (χ0v) is 10.6. The first-order chi connectivity index (χ1) is 8.81. The molecule has 4 nitrogen and oxygen atoms in total. The van der Waals surface area contributed by atoms with Gasteiger partial charge in [-0.1, -0.05) is 22.9 Å². The smallest absolute Gasteiger partial charge is 0.0969 e. The van der Waals surface area contributed by atoms with Crippen molar-refractivity contribution in [3.8, 4) is 5.69 Å². The van der Waals surface area contributed by atoms with E-state index in [4.69, 9.17) is 0 Å². The summed E-state index contributed by atoms with van der Waals surface area (Å²) in [4.78, 5) is 0. The van der Waals surface area contributed by atoms with Crippen LogP contribution in [0.1, 0.15) is 24.1 Å². The fraction of sp³-hybridized carbons (Fsp3) is 0.429. The molecule has 94 valence electrons. The molecule has 0 unspecified atom stereocenters. The Bertz CT molecular complexity index is 511. The topological polar surface area (TPSA) is 42.7 Å². The quantitative estimate of drug-likeness (QED) is 0.873. The fourth-order valence-corrected chi connectivity index (χ4v) is 1.93. The lowest BCUT2D eigenvalue weighted by atomic mass is 10.2. The predicted octanol–water partition coefficient (Wildman–Crippen LogP) is 2.08. The molecule has 1 fully saturated rings. The van der Waals surface area contributed by atoms with Crippen LogP contribution in [0.2, 0.25) is 0 Å². The Morgan fingerprint density at radius 2 is 2.06 bits per heavy atom. The summed E-state index contributed by atoms with van der Waals surface area (Å²) in [5.74, 6) is 0.900. The number of nitrogens with one attached hydrogen (secondary N) is 1. The van der Waals surface area contributed by atoms with Crippen molar-refractivity contribution in [3.05, 3.63) is 41.7 Å². The Hall–Kier alpha value is -1.68. The lowest BCUT2D eigenvalue weighted by Crippen LogP contribution is -2.16. The minimum Gasteiger partial charge on any atom is -0.311 e. The van der Waals surface area contributed by atoms with E-state index < -0.39 is 0 Å². The Balaban J connectivity index is 1.62. The highest BCUT2D eigenvalue weighted by atomic mass is 15.4. The normalized spacial score (nSPS) is 14.9. The molecule has 1 N–H and O–H groups in total. The van der Waals surface area contributed by atoms with Crippen LogP contribution in [0.4, 0.5) is 0 Å². The van der Waals surface area contributed by atoms with E-state index in [9.17, 15) is 0 Å². The molecule has 1 aromatic carbocycles. The number of aromatic nitrogens is 3. The van der Waals surface area contributed by atoms with Crippen LogP contribution in [0.15, 0.2) is 30.5 Å². The van der Waals surface area contributed by atoms with Gasteiger partial charge in [0.25, 0.3) is 0 Å². The van der Waals surface area contributed by atoms with E-state index in [-0.39, 0.29) is 0 Å². The van der Waals surface area contributed by atoms with Gasteiger partial charge in [-0.05, 0) is 44.4 Å². The maximum absolute atomic E-state index is 4.18. The fourth-order valence-electron chi connectivity index (χ4n) is 1.93. The van der Waals surface area contributed by atoms with Gasteiger partial charge in [-0.2, -0.15) is 0 Å². The van der Waals surface area contributed by atoms with Gasteiger partial charge < -0.3 is 5.32 Å². The third-order valence-corrected chi connectivity index (χ3v) is 3.28. The molecule has 0 aliphatic heterocycles. The average Bonchev–Trinajstić information content (AvgIpc) is 3.08. The van der Waals surface area contributed by atoms with Crippen LogP contribution in [0, 0.1) is 12.8 Å². The van der Waals surface area contributed by atoms with Crippen LogP contribution >= 0.6 is 0 Å². The highest BCUT2D eigenvalue weighted by molar-refractivity contribution is 5.33. The van der Waals surface area contributed by atoms with Gasteiger partial charge in [0.05, 0.1) is 17.6 Å². The summed E-state index contributed by atoms with van der Waals surface area (Å²) in [7, 11) is 0. The van der Waals surface area contributed by atoms with Gasteiger partial charge in [-0.15, -0.1) is 5.10 Å². The molecule has 0 spiro atoms. The first kappa shape index (κ1) is 11.4. The molecule has 0 radical (unpaired) electrons. The molecule has 3 rings (SSSR count). The molecular weight excluding hydrogens is 224 g/mol. The molecule has 0 saturated heterocycles. The predicted molar refractivity (Wildman–Crippen MR) is 70.5 cm³/mol. The van der Waals surface area contributed by atoms with Crippen molar-refractivity contribution in [2.45, 2.75) is 26.3 Å². The van der Waals surface area contributed by atoms with Crippen LogP contribution in [-0.2, 0) is 6.54 Å². The molecule has 0 atom stereocenters. The van der Waals surface area contributed by atoms with E-state index in [0.717, 1.165) is 30.4 Å². The SMILES string of the molecule is Cc1ccc(-n2cc(CNCC3CC3)nn2)cc1. The van der Waals surface area contributed by atoms with Crippen molar-refractivity contribution < 1.29 is 0 Å². The van der Waals surface area contributed by atoms with Gasteiger partial charge >= 0.3 is 0 Å². The minimum absolute atomic E-state index is 0.808.